The molecule has 1 unspecified atom stereocenters. The molecule has 1 fully saturated rings. The van der Waals surface area contributed by atoms with Gasteiger partial charge in [0.25, 0.3) is 0 Å². The van der Waals surface area contributed by atoms with Gasteiger partial charge in [0.1, 0.15) is 0 Å². The van der Waals surface area contributed by atoms with Crippen LogP contribution in [-0.4, -0.2) is 42.4 Å². The normalized spacial score (nSPS) is 21.1. The molecule has 1 heterocycles. The second kappa shape index (κ2) is 8.71. The van der Waals surface area contributed by atoms with Gasteiger partial charge < -0.3 is 10.2 Å². The average molecular weight is 292 g/mol. The Morgan fingerprint density at radius 1 is 1.20 bits per heavy atom. The summed E-state index contributed by atoms with van der Waals surface area (Å²) in [5.74, 6) is 1.16. The van der Waals surface area contributed by atoms with Gasteiger partial charge in [0.05, 0.1) is 0 Å². The fraction of sp³-hybridized carbons (Fsp3) is 0.647. The molecule has 2 rings (SSSR count). The van der Waals surface area contributed by atoms with Gasteiger partial charge in [0.15, 0.2) is 0 Å². The lowest BCUT2D eigenvalue weighted by molar-refractivity contribution is 0.229. The molecule has 2 nitrogen and oxygen atoms in total. The van der Waals surface area contributed by atoms with Gasteiger partial charge in [-0.2, -0.15) is 0 Å². The number of likely N-dealkylation sites (tertiary alicyclic amines) is 1. The Labute approximate surface area is 128 Å². The number of hydrogen-bond donors (Lipinski definition) is 1. The van der Waals surface area contributed by atoms with E-state index in [4.69, 9.17) is 0 Å². The third-order valence-electron chi connectivity index (χ3n) is 4.04. The molecule has 1 N–H and O–H groups in total. The van der Waals surface area contributed by atoms with Gasteiger partial charge in [-0.15, -0.1) is 11.8 Å². The van der Waals surface area contributed by atoms with Crippen LogP contribution in [0.1, 0.15) is 33.1 Å². The molecule has 0 bridgehead atoms. The van der Waals surface area contributed by atoms with Crippen molar-refractivity contribution in [1.29, 1.82) is 0 Å². The lowest BCUT2D eigenvalue weighted by atomic mass is 10.1. The van der Waals surface area contributed by atoms with Crippen molar-refractivity contribution >= 4 is 11.8 Å². The summed E-state index contributed by atoms with van der Waals surface area (Å²) in [4.78, 5) is 3.99. The van der Waals surface area contributed by atoms with E-state index in [2.05, 4.69) is 54.4 Å². The minimum Gasteiger partial charge on any atom is -0.313 e. The molecule has 1 aliphatic rings. The lowest BCUT2D eigenvalue weighted by Gasteiger charge is -2.24. The molecule has 0 radical (unpaired) electrons. The van der Waals surface area contributed by atoms with Gasteiger partial charge in [-0.25, -0.2) is 0 Å². The summed E-state index contributed by atoms with van der Waals surface area (Å²) in [5.41, 5.74) is 0. The summed E-state index contributed by atoms with van der Waals surface area (Å²) in [6.45, 7) is 8.26. The molecule has 0 saturated carbocycles. The molecule has 20 heavy (non-hydrogen) atoms. The molecule has 1 aromatic rings. The largest absolute Gasteiger partial charge is 0.313 e. The van der Waals surface area contributed by atoms with Gasteiger partial charge in [-0.1, -0.05) is 18.2 Å². The van der Waals surface area contributed by atoms with Crippen LogP contribution in [0.3, 0.4) is 0 Å². The van der Waals surface area contributed by atoms with E-state index in [1.807, 2.05) is 11.8 Å². The van der Waals surface area contributed by atoms with Gasteiger partial charge in [-0.05, 0) is 58.3 Å². The highest BCUT2D eigenvalue weighted by molar-refractivity contribution is 7.99. The van der Waals surface area contributed by atoms with E-state index in [9.17, 15) is 0 Å². The van der Waals surface area contributed by atoms with Crippen LogP contribution in [-0.2, 0) is 0 Å². The first-order valence-electron chi connectivity index (χ1n) is 7.91. The van der Waals surface area contributed by atoms with E-state index in [0.717, 1.165) is 18.3 Å². The van der Waals surface area contributed by atoms with Crippen molar-refractivity contribution in [1.82, 2.24) is 10.2 Å². The van der Waals surface area contributed by atoms with Crippen molar-refractivity contribution in [3.63, 3.8) is 0 Å². The van der Waals surface area contributed by atoms with Crippen LogP contribution >= 0.6 is 11.8 Å². The number of nitrogens with one attached hydrogen (secondary N) is 1. The summed E-state index contributed by atoms with van der Waals surface area (Å²) >= 11 is 1.95. The maximum Gasteiger partial charge on any atom is 0.0106 e. The molecular formula is C17H28N2S. The first-order valence-corrected chi connectivity index (χ1v) is 8.89. The van der Waals surface area contributed by atoms with E-state index in [1.165, 1.54) is 37.2 Å². The quantitative estimate of drug-likeness (QED) is 0.637. The predicted octanol–water partition coefficient (Wildman–Crippen LogP) is 3.63. The Kier molecular flexibility index (Phi) is 6.91. The Hall–Kier alpha value is -0.510. The fourth-order valence-electron chi connectivity index (χ4n) is 2.79. The molecule has 0 spiro atoms. The van der Waals surface area contributed by atoms with E-state index >= 15 is 0 Å². The van der Waals surface area contributed by atoms with Crippen LogP contribution in [0.4, 0.5) is 0 Å². The molecule has 3 heteroatoms. The Bertz CT molecular complexity index is 367. The maximum atomic E-state index is 3.74. The minimum absolute atomic E-state index is 0.697. The van der Waals surface area contributed by atoms with Crippen LogP contribution in [0.15, 0.2) is 35.2 Å². The molecule has 0 aliphatic carbocycles. The van der Waals surface area contributed by atoms with Crippen molar-refractivity contribution < 1.29 is 0 Å². The van der Waals surface area contributed by atoms with Crippen LogP contribution < -0.4 is 5.32 Å². The maximum absolute atomic E-state index is 3.74. The standard InChI is InChI=1S/C17H28N2S/c1-15(2)19-12-6-7-16(10-13-19)18-11-14-20-17-8-4-3-5-9-17/h3-5,8-9,15-16,18H,6-7,10-14H2,1-2H3. The van der Waals surface area contributed by atoms with Crippen molar-refractivity contribution in [3.05, 3.63) is 30.3 Å². The molecule has 0 amide bonds. The zero-order valence-corrected chi connectivity index (χ0v) is 13.7. The number of nitrogens with zero attached hydrogens (tertiary/aromatic N) is 1. The first-order chi connectivity index (χ1) is 9.75. The molecule has 1 aliphatic heterocycles. The number of benzene rings is 1. The molecule has 0 aromatic heterocycles. The van der Waals surface area contributed by atoms with Crippen molar-refractivity contribution in [2.24, 2.45) is 0 Å². The molecule has 1 atom stereocenters. The first kappa shape index (κ1) is 15.9. The van der Waals surface area contributed by atoms with E-state index in [-0.39, 0.29) is 0 Å². The Balaban J connectivity index is 1.62. The molecule has 1 aromatic carbocycles. The molecular weight excluding hydrogens is 264 g/mol. The summed E-state index contributed by atoms with van der Waals surface area (Å²) in [7, 11) is 0. The van der Waals surface area contributed by atoms with E-state index < -0.39 is 0 Å². The second-order valence-corrected chi connectivity index (χ2v) is 7.04. The van der Waals surface area contributed by atoms with Gasteiger partial charge >= 0.3 is 0 Å². The van der Waals surface area contributed by atoms with Crippen LogP contribution in [0, 0.1) is 0 Å². The Morgan fingerprint density at radius 3 is 2.75 bits per heavy atom. The number of hydrogen-bond acceptors (Lipinski definition) is 3. The second-order valence-electron chi connectivity index (χ2n) is 5.87. The molecule has 1 saturated heterocycles. The van der Waals surface area contributed by atoms with Crippen LogP contribution in [0.5, 0.6) is 0 Å². The summed E-state index contributed by atoms with van der Waals surface area (Å²) in [6, 6.07) is 12.1. The lowest BCUT2D eigenvalue weighted by Crippen LogP contribution is -2.34. The monoisotopic (exact) mass is 292 g/mol. The zero-order valence-electron chi connectivity index (χ0n) is 12.8. The highest BCUT2D eigenvalue weighted by atomic mass is 32.2. The van der Waals surface area contributed by atoms with E-state index in [0.29, 0.717) is 6.04 Å². The zero-order chi connectivity index (χ0) is 14.2. The topological polar surface area (TPSA) is 15.3 Å². The summed E-state index contributed by atoms with van der Waals surface area (Å²) in [5, 5.41) is 3.74. The fourth-order valence-corrected chi connectivity index (χ4v) is 3.59. The van der Waals surface area contributed by atoms with Crippen molar-refractivity contribution in [3.8, 4) is 0 Å². The molecule has 112 valence electrons. The number of thioether (sulfide) groups is 1. The third kappa shape index (κ3) is 5.47. The van der Waals surface area contributed by atoms with E-state index in [1.54, 1.807) is 0 Å². The third-order valence-corrected chi connectivity index (χ3v) is 5.05. The van der Waals surface area contributed by atoms with Crippen molar-refractivity contribution in [2.75, 3.05) is 25.4 Å². The van der Waals surface area contributed by atoms with Crippen LogP contribution in [0.2, 0.25) is 0 Å². The Morgan fingerprint density at radius 2 is 2.00 bits per heavy atom. The van der Waals surface area contributed by atoms with Gasteiger partial charge in [-0.3, -0.25) is 0 Å². The highest BCUT2D eigenvalue weighted by Crippen LogP contribution is 2.17. The SMILES string of the molecule is CC(C)N1CCCC(NCCSc2ccccc2)CC1. The van der Waals surface area contributed by atoms with Crippen LogP contribution in [0.25, 0.3) is 0 Å². The average Bonchev–Trinajstić information content (AvgIpc) is 2.70. The highest BCUT2D eigenvalue weighted by Gasteiger charge is 2.17. The summed E-state index contributed by atoms with van der Waals surface area (Å²) < 4.78 is 0. The number of rotatable bonds is 6. The smallest absolute Gasteiger partial charge is 0.0106 e. The summed E-state index contributed by atoms with van der Waals surface area (Å²) in [6.07, 6.45) is 3.97. The van der Waals surface area contributed by atoms with Gasteiger partial charge in [0, 0.05) is 29.3 Å². The van der Waals surface area contributed by atoms with Gasteiger partial charge in [0.2, 0.25) is 0 Å². The predicted molar refractivity (Wildman–Crippen MR) is 89.5 cm³/mol. The minimum atomic E-state index is 0.697. The van der Waals surface area contributed by atoms with Crippen molar-refractivity contribution in [2.45, 2.75) is 50.1 Å².